The Bertz CT molecular complexity index is 1390. The maximum absolute atomic E-state index is 13.4. The molecule has 0 saturated heterocycles. The van der Waals surface area contributed by atoms with Crippen LogP contribution in [0.15, 0.2) is 70.6 Å². The highest BCUT2D eigenvalue weighted by Crippen LogP contribution is 2.23. The van der Waals surface area contributed by atoms with Gasteiger partial charge in [0.1, 0.15) is 0 Å². The predicted octanol–water partition coefficient (Wildman–Crippen LogP) is 5.35. The molecule has 0 fully saturated rings. The maximum atomic E-state index is 13.4. The molecule has 0 spiro atoms. The lowest BCUT2D eigenvalue weighted by Crippen LogP contribution is -2.23. The molecule has 0 bridgehead atoms. The Kier molecular flexibility index (Phi) is 6.15. The zero-order valence-corrected chi connectivity index (χ0v) is 19.4. The number of anilines is 1. The topological polar surface area (TPSA) is 64.0 Å². The Morgan fingerprint density at radius 3 is 2.47 bits per heavy atom. The van der Waals surface area contributed by atoms with Gasteiger partial charge in [-0.25, -0.2) is 4.98 Å². The molecule has 0 atom stereocenters. The third-order valence-electron chi connectivity index (χ3n) is 5.49. The van der Waals surface area contributed by atoms with Gasteiger partial charge in [0.2, 0.25) is 5.91 Å². The van der Waals surface area contributed by atoms with Crippen molar-refractivity contribution in [3.05, 3.63) is 93.3 Å². The van der Waals surface area contributed by atoms with E-state index in [-0.39, 0.29) is 17.2 Å². The second kappa shape index (κ2) is 9.01. The van der Waals surface area contributed by atoms with E-state index in [9.17, 15) is 9.59 Å². The van der Waals surface area contributed by atoms with Crippen molar-refractivity contribution in [3.63, 3.8) is 0 Å². The summed E-state index contributed by atoms with van der Waals surface area (Å²) in [5.74, 6) is 0.000893. The molecule has 5 nitrogen and oxygen atoms in total. The number of thioether (sulfide) groups is 1. The number of nitrogens with zero attached hydrogens (tertiary/aromatic N) is 2. The smallest absolute Gasteiger partial charge is 0.266 e. The highest BCUT2D eigenvalue weighted by Gasteiger charge is 2.15. The van der Waals surface area contributed by atoms with Crippen molar-refractivity contribution in [1.82, 2.24) is 9.55 Å². The van der Waals surface area contributed by atoms with Gasteiger partial charge in [-0.15, -0.1) is 0 Å². The zero-order chi connectivity index (χ0) is 22.8. The SMILES string of the molecule is Cc1ccc(C)c(NC(=O)CSc2nc3ccccc3c(=O)n2-c2ccc(C)c(C)c2)c1. The minimum atomic E-state index is -0.142. The molecule has 3 aromatic carbocycles. The van der Waals surface area contributed by atoms with Crippen LogP contribution in [0.5, 0.6) is 0 Å². The molecular weight excluding hydrogens is 418 g/mol. The number of carbonyl (C=O) groups is 1. The molecule has 0 saturated carbocycles. The standard InChI is InChI=1S/C26H25N3O2S/c1-16-9-10-18(3)23(13-16)27-24(30)15-32-26-28-22-8-6-5-7-21(22)25(31)29(26)20-12-11-17(2)19(4)14-20/h5-14H,15H2,1-4H3,(H,27,30). The Hall–Kier alpha value is -3.38. The van der Waals surface area contributed by atoms with Crippen molar-refractivity contribution in [1.29, 1.82) is 0 Å². The van der Waals surface area contributed by atoms with Crippen molar-refractivity contribution in [2.45, 2.75) is 32.9 Å². The van der Waals surface area contributed by atoms with Gasteiger partial charge in [0.05, 0.1) is 22.3 Å². The van der Waals surface area contributed by atoms with E-state index in [0.717, 1.165) is 33.6 Å². The molecule has 0 aliphatic heterocycles. The molecule has 0 aliphatic carbocycles. The predicted molar refractivity (Wildman–Crippen MR) is 132 cm³/mol. The summed E-state index contributed by atoms with van der Waals surface area (Å²) in [6.07, 6.45) is 0. The average Bonchev–Trinajstić information content (AvgIpc) is 2.77. The third kappa shape index (κ3) is 4.46. The quantitative estimate of drug-likeness (QED) is 0.334. The van der Waals surface area contributed by atoms with E-state index in [0.29, 0.717) is 16.1 Å². The van der Waals surface area contributed by atoms with E-state index >= 15 is 0 Å². The molecule has 0 unspecified atom stereocenters. The summed E-state index contributed by atoms with van der Waals surface area (Å²) in [5, 5.41) is 4.02. The first kappa shape index (κ1) is 21.8. The molecule has 32 heavy (non-hydrogen) atoms. The van der Waals surface area contributed by atoms with Gasteiger partial charge >= 0.3 is 0 Å². The molecule has 6 heteroatoms. The lowest BCUT2D eigenvalue weighted by molar-refractivity contribution is -0.113. The molecule has 1 heterocycles. The minimum absolute atomic E-state index is 0.141. The number of hydrogen-bond acceptors (Lipinski definition) is 4. The van der Waals surface area contributed by atoms with Crippen LogP contribution in [0, 0.1) is 27.7 Å². The average molecular weight is 444 g/mol. The van der Waals surface area contributed by atoms with E-state index in [1.807, 2.05) is 82.3 Å². The summed E-state index contributed by atoms with van der Waals surface area (Å²) in [7, 11) is 0. The van der Waals surface area contributed by atoms with Gasteiger partial charge in [0.15, 0.2) is 5.16 Å². The highest BCUT2D eigenvalue weighted by molar-refractivity contribution is 7.99. The van der Waals surface area contributed by atoms with Gasteiger partial charge in [0, 0.05) is 5.69 Å². The minimum Gasteiger partial charge on any atom is -0.325 e. The van der Waals surface area contributed by atoms with Crippen LogP contribution in [-0.4, -0.2) is 21.2 Å². The van der Waals surface area contributed by atoms with E-state index in [4.69, 9.17) is 4.98 Å². The molecule has 1 amide bonds. The molecule has 162 valence electrons. The molecular formula is C26H25N3O2S. The number of aromatic nitrogens is 2. The molecule has 1 aromatic heterocycles. The number of benzene rings is 3. The van der Waals surface area contributed by atoms with Gasteiger partial charge in [-0.3, -0.25) is 14.2 Å². The second-order valence-corrected chi connectivity index (χ2v) is 8.92. The van der Waals surface area contributed by atoms with E-state index in [2.05, 4.69) is 5.32 Å². The zero-order valence-electron chi connectivity index (χ0n) is 18.6. The van der Waals surface area contributed by atoms with Crippen molar-refractivity contribution in [2.75, 3.05) is 11.1 Å². The number of amides is 1. The number of rotatable bonds is 5. The first-order valence-corrected chi connectivity index (χ1v) is 11.4. The maximum Gasteiger partial charge on any atom is 0.266 e. The van der Waals surface area contributed by atoms with Gasteiger partial charge in [-0.05, 0) is 80.3 Å². The number of fused-ring (bicyclic) bond motifs is 1. The van der Waals surface area contributed by atoms with Crippen LogP contribution in [0.25, 0.3) is 16.6 Å². The monoisotopic (exact) mass is 443 g/mol. The summed E-state index contributed by atoms with van der Waals surface area (Å²) < 4.78 is 1.60. The molecule has 0 aliphatic rings. The first-order chi connectivity index (χ1) is 15.3. The van der Waals surface area contributed by atoms with Crippen LogP contribution in [0.1, 0.15) is 22.3 Å². The van der Waals surface area contributed by atoms with E-state index < -0.39 is 0 Å². The lowest BCUT2D eigenvalue weighted by atomic mass is 10.1. The summed E-state index contributed by atoms with van der Waals surface area (Å²) in [6.45, 7) is 8.01. The van der Waals surface area contributed by atoms with Crippen LogP contribution in [0.2, 0.25) is 0 Å². The Labute approximate surface area is 191 Å². The number of carbonyl (C=O) groups excluding carboxylic acids is 1. The summed E-state index contributed by atoms with van der Waals surface area (Å²) >= 11 is 1.26. The largest absolute Gasteiger partial charge is 0.325 e. The number of hydrogen-bond donors (Lipinski definition) is 1. The Balaban J connectivity index is 1.69. The van der Waals surface area contributed by atoms with Crippen LogP contribution in [0.4, 0.5) is 5.69 Å². The fourth-order valence-electron chi connectivity index (χ4n) is 3.49. The Morgan fingerprint density at radius 2 is 1.69 bits per heavy atom. The molecule has 1 N–H and O–H groups in total. The van der Waals surface area contributed by atoms with Crippen molar-refractivity contribution in [3.8, 4) is 5.69 Å². The van der Waals surface area contributed by atoms with Crippen LogP contribution < -0.4 is 10.9 Å². The second-order valence-electron chi connectivity index (χ2n) is 7.98. The van der Waals surface area contributed by atoms with Gasteiger partial charge in [-0.2, -0.15) is 0 Å². The summed E-state index contributed by atoms with van der Waals surface area (Å²) in [6, 6.07) is 19.1. The summed E-state index contributed by atoms with van der Waals surface area (Å²) in [5.41, 5.74) is 6.35. The fraction of sp³-hybridized carbons (Fsp3) is 0.192. The van der Waals surface area contributed by atoms with Crippen molar-refractivity contribution >= 4 is 34.3 Å². The summed E-state index contributed by atoms with van der Waals surface area (Å²) in [4.78, 5) is 30.8. The van der Waals surface area contributed by atoms with Crippen molar-refractivity contribution < 1.29 is 4.79 Å². The van der Waals surface area contributed by atoms with Gasteiger partial charge < -0.3 is 5.32 Å². The fourth-order valence-corrected chi connectivity index (χ4v) is 4.30. The number of nitrogens with one attached hydrogen (secondary N) is 1. The molecule has 4 rings (SSSR count). The van der Waals surface area contributed by atoms with Gasteiger partial charge in [0.25, 0.3) is 5.56 Å². The lowest BCUT2D eigenvalue weighted by Gasteiger charge is -2.15. The number of para-hydroxylation sites is 1. The van der Waals surface area contributed by atoms with Crippen LogP contribution in [-0.2, 0) is 4.79 Å². The molecule has 0 radical (unpaired) electrons. The van der Waals surface area contributed by atoms with Gasteiger partial charge in [-0.1, -0.05) is 42.1 Å². The Morgan fingerprint density at radius 1 is 0.938 bits per heavy atom. The third-order valence-corrected chi connectivity index (χ3v) is 6.43. The van der Waals surface area contributed by atoms with Crippen molar-refractivity contribution in [2.24, 2.45) is 0 Å². The number of aryl methyl sites for hydroxylation is 4. The highest BCUT2D eigenvalue weighted by atomic mass is 32.2. The normalized spacial score (nSPS) is 11.0. The van der Waals surface area contributed by atoms with Crippen LogP contribution >= 0.6 is 11.8 Å². The molecule has 4 aromatic rings. The van der Waals surface area contributed by atoms with Crippen LogP contribution in [0.3, 0.4) is 0 Å². The first-order valence-electron chi connectivity index (χ1n) is 10.4. The van der Waals surface area contributed by atoms with E-state index in [1.165, 1.54) is 11.8 Å². The van der Waals surface area contributed by atoms with E-state index in [1.54, 1.807) is 10.6 Å².